The first-order valence-corrected chi connectivity index (χ1v) is 9.31. The first-order chi connectivity index (χ1) is 10.7. The molecule has 2 fully saturated rings. The molecule has 0 spiro atoms. The molecule has 1 amide bonds. The van der Waals surface area contributed by atoms with Crippen LogP contribution in [-0.2, 0) is 11.3 Å². The fourth-order valence-corrected chi connectivity index (χ4v) is 4.34. The molecule has 0 bridgehead atoms. The Morgan fingerprint density at radius 3 is 2.77 bits per heavy atom. The number of nitrogens with one attached hydrogen (secondary N) is 1. The molecule has 4 nitrogen and oxygen atoms in total. The van der Waals surface area contributed by atoms with Crippen molar-refractivity contribution in [3.05, 3.63) is 22.4 Å². The minimum Gasteiger partial charge on any atom is -0.392 e. The van der Waals surface area contributed by atoms with E-state index >= 15 is 0 Å². The Hall–Kier alpha value is -0.910. The Kier molecular flexibility index (Phi) is 5.50. The third-order valence-corrected chi connectivity index (χ3v) is 5.91. The molecule has 2 aliphatic rings. The molecule has 22 heavy (non-hydrogen) atoms. The normalized spacial score (nSPS) is 27.1. The van der Waals surface area contributed by atoms with Crippen LogP contribution in [0.2, 0.25) is 0 Å². The third-order valence-electron chi connectivity index (χ3n) is 5.05. The molecular formula is C17H26N2O2S. The number of aliphatic hydroxyl groups is 1. The maximum absolute atomic E-state index is 12.1. The maximum atomic E-state index is 12.1. The number of aliphatic hydroxyl groups excluding tert-OH is 1. The van der Waals surface area contributed by atoms with Crippen LogP contribution in [0.25, 0.3) is 0 Å². The van der Waals surface area contributed by atoms with Gasteiger partial charge in [-0.25, -0.2) is 0 Å². The molecule has 1 aliphatic carbocycles. The summed E-state index contributed by atoms with van der Waals surface area (Å²) in [6, 6.07) is 4.31. The standard InChI is InChI=1S/C17H26N2O2S/c20-16-5-1-4-15(16)17(21)18-11-13-6-8-19(9-7-13)12-14-3-2-10-22-14/h2-3,10,13,15-16,20H,1,4-9,11-12H2,(H,18,21). The van der Waals surface area contributed by atoms with Gasteiger partial charge in [0.2, 0.25) is 5.91 Å². The number of carbonyl (C=O) groups is 1. The molecule has 1 aromatic heterocycles. The van der Waals surface area contributed by atoms with Crippen molar-refractivity contribution in [1.29, 1.82) is 0 Å². The smallest absolute Gasteiger partial charge is 0.225 e. The number of rotatable bonds is 5. The lowest BCUT2D eigenvalue weighted by molar-refractivity contribution is -0.127. The fraction of sp³-hybridized carbons (Fsp3) is 0.706. The van der Waals surface area contributed by atoms with Crippen molar-refractivity contribution in [1.82, 2.24) is 10.2 Å². The Balaban J connectivity index is 1.36. The minimum atomic E-state index is -0.423. The molecule has 2 N–H and O–H groups in total. The summed E-state index contributed by atoms with van der Waals surface area (Å²) < 4.78 is 0. The van der Waals surface area contributed by atoms with Crippen molar-refractivity contribution in [3.63, 3.8) is 0 Å². The summed E-state index contributed by atoms with van der Waals surface area (Å²) >= 11 is 1.82. The highest BCUT2D eigenvalue weighted by Crippen LogP contribution is 2.26. The lowest BCUT2D eigenvalue weighted by atomic mass is 9.96. The van der Waals surface area contributed by atoms with Crippen molar-refractivity contribution in [2.75, 3.05) is 19.6 Å². The molecule has 3 rings (SSSR count). The second-order valence-electron chi connectivity index (χ2n) is 6.65. The highest BCUT2D eigenvalue weighted by Gasteiger charge is 2.31. The Morgan fingerprint density at radius 2 is 2.14 bits per heavy atom. The first-order valence-electron chi connectivity index (χ1n) is 8.43. The molecule has 2 unspecified atom stereocenters. The molecule has 1 aromatic rings. The van der Waals surface area contributed by atoms with Crippen LogP contribution in [0, 0.1) is 11.8 Å². The van der Waals surface area contributed by atoms with Gasteiger partial charge in [-0.2, -0.15) is 0 Å². The van der Waals surface area contributed by atoms with Crippen molar-refractivity contribution < 1.29 is 9.90 Å². The van der Waals surface area contributed by atoms with E-state index in [4.69, 9.17) is 0 Å². The van der Waals surface area contributed by atoms with Crippen molar-refractivity contribution in [3.8, 4) is 0 Å². The van der Waals surface area contributed by atoms with Gasteiger partial charge in [-0.1, -0.05) is 6.07 Å². The van der Waals surface area contributed by atoms with E-state index in [1.54, 1.807) is 0 Å². The summed E-state index contributed by atoms with van der Waals surface area (Å²) in [5.74, 6) is 0.479. The van der Waals surface area contributed by atoms with Crippen LogP contribution in [0.1, 0.15) is 37.0 Å². The zero-order valence-electron chi connectivity index (χ0n) is 13.0. The van der Waals surface area contributed by atoms with Gasteiger partial charge in [0.05, 0.1) is 12.0 Å². The van der Waals surface area contributed by atoms with Gasteiger partial charge in [-0.15, -0.1) is 11.3 Å². The number of carbonyl (C=O) groups excluding carboxylic acids is 1. The molecule has 0 aromatic carbocycles. The highest BCUT2D eigenvalue weighted by molar-refractivity contribution is 7.09. The van der Waals surface area contributed by atoms with Crippen LogP contribution in [0.3, 0.4) is 0 Å². The van der Waals surface area contributed by atoms with E-state index in [1.165, 1.54) is 4.88 Å². The molecule has 0 radical (unpaired) electrons. The Bertz CT molecular complexity index is 469. The highest BCUT2D eigenvalue weighted by atomic mass is 32.1. The van der Waals surface area contributed by atoms with Gasteiger partial charge >= 0.3 is 0 Å². The van der Waals surface area contributed by atoms with E-state index in [9.17, 15) is 9.90 Å². The molecule has 122 valence electrons. The third kappa shape index (κ3) is 4.09. The summed E-state index contributed by atoms with van der Waals surface area (Å²) in [5, 5.41) is 15.0. The molecule has 2 heterocycles. The summed E-state index contributed by atoms with van der Waals surface area (Å²) in [4.78, 5) is 16.0. The Labute approximate surface area is 136 Å². The van der Waals surface area contributed by atoms with Gasteiger partial charge in [0.1, 0.15) is 0 Å². The first kappa shape index (κ1) is 16.0. The van der Waals surface area contributed by atoms with E-state index < -0.39 is 6.10 Å². The van der Waals surface area contributed by atoms with E-state index in [1.807, 2.05) is 11.3 Å². The minimum absolute atomic E-state index is 0.0611. The predicted molar refractivity (Wildman–Crippen MR) is 88.7 cm³/mol. The maximum Gasteiger partial charge on any atom is 0.225 e. The van der Waals surface area contributed by atoms with Gasteiger partial charge in [0.15, 0.2) is 0 Å². The largest absolute Gasteiger partial charge is 0.392 e. The summed E-state index contributed by atoms with van der Waals surface area (Å²) in [6.07, 6.45) is 4.47. The fourth-order valence-electron chi connectivity index (χ4n) is 3.59. The summed E-state index contributed by atoms with van der Waals surface area (Å²) in [5.41, 5.74) is 0. The van der Waals surface area contributed by atoms with E-state index in [2.05, 4.69) is 27.7 Å². The average molecular weight is 322 g/mol. The SMILES string of the molecule is O=C(NCC1CCN(Cc2cccs2)CC1)C1CCCC1O. The number of piperidine rings is 1. The van der Waals surface area contributed by atoms with Gasteiger partial charge in [-0.3, -0.25) is 9.69 Å². The number of amides is 1. The molecule has 2 atom stereocenters. The van der Waals surface area contributed by atoms with E-state index in [0.29, 0.717) is 5.92 Å². The molecule has 1 saturated carbocycles. The zero-order valence-corrected chi connectivity index (χ0v) is 13.9. The van der Waals surface area contributed by atoms with Crippen LogP contribution in [0.5, 0.6) is 0 Å². The van der Waals surface area contributed by atoms with Gasteiger partial charge in [-0.05, 0) is 62.6 Å². The number of hydrogen-bond acceptors (Lipinski definition) is 4. The van der Waals surface area contributed by atoms with E-state index in [0.717, 1.165) is 58.3 Å². The number of nitrogens with zero attached hydrogens (tertiary/aromatic N) is 1. The number of thiophene rings is 1. The Morgan fingerprint density at radius 1 is 1.32 bits per heavy atom. The molecule has 5 heteroatoms. The molecule has 1 aliphatic heterocycles. The van der Waals surface area contributed by atoms with Gasteiger partial charge in [0, 0.05) is 18.0 Å². The number of likely N-dealkylation sites (tertiary alicyclic amines) is 1. The topological polar surface area (TPSA) is 52.6 Å². The van der Waals surface area contributed by atoms with Crippen LogP contribution in [0.15, 0.2) is 17.5 Å². The number of hydrogen-bond donors (Lipinski definition) is 2. The second kappa shape index (κ2) is 7.57. The van der Waals surface area contributed by atoms with Crippen LogP contribution in [-0.4, -0.2) is 41.7 Å². The van der Waals surface area contributed by atoms with Gasteiger partial charge in [0.25, 0.3) is 0 Å². The lowest BCUT2D eigenvalue weighted by Crippen LogP contribution is -2.41. The summed E-state index contributed by atoms with van der Waals surface area (Å²) in [6.45, 7) is 4.06. The zero-order chi connectivity index (χ0) is 15.4. The lowest BCUT2D eigenvalue weighted by Gasteiger charge is -2.32. The van der Waals surface area contributed by atoms with Crippen molar-refractivity contribution in [2.24, 2.45) is 11.8 Å². The van der Waals surface area contributed by atoms with E-state index in [-0.39, 0.29) is 11.8 Å². The molecular weight excluding hydrogens is 296 g/mol. The van der Waals surface area contributed by atoms with Crippen molar-refractivity contribution >= 4 is 17.2 Å². The van der Waals surface area contributed by atoms with Crippen LogP contribution >= 0.6 is 11.3 Å². The average Bonchev–Trinajstić information content (AvgIpc) is 3.18. The quantitative estimate of drug-likeness (QED) is 0.874. The van der Waals surface area contributed by atoms with Crippen molar-refractivity contribution in [2.45, 2.75) is 44.8 Å². The molecule has 1 saturated heterocycles. The second-order valence-corrected chi connectivity index (χ2v) is 7.68. The van der Waals surface area contributed by atoms with Crippen LogP contribution < -0.4 is 5.32 Å². The van der Waals surface area contributed by atoms with Gasteiger partial charge < -0.3 is 10.4 Å². The summed E-state index contributed by atoms with van der Waals surface area (Å²) in [7, 11) is 0. The van der Waals surface area contributed by atoms with Crippen LogP contribution in [0.4, 0.5) is 0 Å². The monoisotopic (exact) mass is 322 g/mol. The predicted octanol–water partition coefficient (Wildman–Crippen LogP) is 2.24.